The van der Waals surface area contributed by atoms with Crippen LogP contribution in [0.3, 0.4) is 0 Å². The normalized spacial score (nSPS) is 16.8. The zero-order valence-corrected chi connectivity index (χ0v) is 11.7. The van der Waals surface area contributed by atoms with Gasteiger partial charge in [0.1, 0.15) is 5.01 Å². The monoisotopic (exact) mass is 286 g/mol. The minimum atomic E-state index is 0.546. The Morgan fingerprint density at radius 1 is 1.25 bits per heavy atom. The van der Waals surface area contributed by atoms with Gasteiger partial charge in [-0.25, -0.2) is 0 Å². The maximum atomic E-state index is 4.73. The molecule has 4 heterocycles. The highest BCUT2D eigenvalue weighted by atomic mass is 32.1. The number of nitrogens with one attached hydrogen (secondary N) is 1. The number of nitrogens with zero attached hydrogens (tertiary/aromatic N) is 5. The summed E-state index contributed by atoms with van der Waals surface area (Å²) >= 11 is 1.65. The Labute approximate surface area is 119 Å². The number of rotatable bonds is 2. The lowest BCUT2D eigenvalue weighted by Crippen LogP contribution is -2.26. The third kappa shape index (κ3) is 1.99. The Hall–Kier alpha value is -1.86. The molecule has 6 nitrogen and oxygen atoms in total. The molecular weight excluding hydrogens is 272 g/mol. The van der Waals surface area contributed by atoms with Crippen molar-refractivity contribution in [2.24, 2.45) is 0 Å². The molecule has 1 fully saturated rings. The summed E-state index contributed by atoms with van der Waals surface area (Å²) in [4.78, 5) is 4.99. The summed E-state index contributed by atoms with van der Waals surface area (Å²) in [5.41, 5.74) is 0.946. The third-order valence-electron chi connectivity index (χ3n) is 3.61. The summed E-state index contributed by atoms with van der Waals surface area (Å²) in [6, 6.07) is 3.88. The third-order valence-corrected chi connectivity index (χ3v) is 4.68. The first-order valence-corrected chi connectivity index (χ1v) is 7.57. The van der Waals surface area contributed by atoms with Crippen LogP contribution < -0.4 is 5.32 Å². The Balaban J connectivity index is 1.75. The van der Waals surface area contributed by atoms with Crippen molar-refractivity contribution in [3.05, 3.63) is 29.5 Å². The van der Waals surface area contributed by atoms with Crippen molar-refractivity contribution in [1.29, 1.82) is 0 Å². The quantitative estimate of drug-likeness (QED) is 0.777. The van der Waals surface area contributed by atoms with Crippen LogP contribution in [0, 0.1) is 0 Å². The Morgan fingerprint density at radius 3 is 2.95 bits per heavy atom. The lowest BCUT2D eigenvalue weighted by Gasteiger charge is -2.19. The number of hydrogen-bond donors (Lipinski definition) is 1. The lowest BCUT2D eigenvalue weighted by atomic mass is 9.99. The fourth-order valence-electron chi connectivity index (χ4n) is 2.54. The Bertz CT molecular complexity index is 713. The first kappa shape index (κ1) is 11.9. The molecule has 102 valence electrons. The molecule has 0 aliphatic carbocycles. The van der Waals surface area contributed by atoms with Crippen LogP contribution in [-0.4, -0.2) is 37.9 Å². The van der Waals surface area contributed by atoms with Crippen molar-refractivity contribution in [1.82, 2.24) is 30.1 Å². The number of fused-ring (bicyclic) bond motifs is 1. The maximum absolute atomic E-state index is 4.73. The van der Waals surface area contributed by atoms with Crippen molar-refractivity contribution >= 4 is 16.3 Å². The smallest absolute Gasteiger partial charge is 0.234 e. The van der Waals surface area contributed by atoms with Gasteiger partial charge in [0, 0.05) is 23.9 Å². The highest BCUT2D eigenvalue weighted by Crippen LogP contribution is 2.30. The first-order valence-electron chi connectivity index (χ1n) is 6.75. The highest BCUT2D eigenvalue weighted by molar-refractivity contribution is 7.16. The van der Waals surface area contributed by atoms with Crippen molar-refractivity contribution in [3.63, 3.8) is 0 Å². The molecule has 0 aromatic carbocycles. The van der Waals surface area contributed by atoms with Gasteiger partial charge in [-0.15, -0.1) is 10.2 Å². The largest absolute Gasteiger partial charge is 0.317 e. The van der Waals surface area contributed by atoms with Gasteiger partial charge in [-0.2, -0.15) is 9.61 Å². The van der Waals surface area contributed by atoms with Gasteiger partial charge >= 0.3 is 0 Å². The van der Waals surface area contributed by atoms with E-state index in [2.05, 4.69) is 20.5 Å². The number of piperidine rings is 1. The lowest BCUT2D eigenvalue weighted by molar-refractivity contribution is 0.456. The molecule has 4 rings (SSSR count). The van der Waals surface area contributed by atoms with Crippen LogP contribution in [-0.2, 0) is 0 Å². The second-order valence-corrected chi connectivity index (χ2v) is 5.91. The molecule has 0 atom stereocenters. The molecule has 0 radical (unpaired) electrons. The van der Waals surface area contributed by atoms with E-state index in [0.717, 1.165) is 42.3 Å². The molecule has 0 amide bonds. The molecule has 1 N–H and O–H groups in total. The van der Waals surface area contributed by atoms with Gasteiger partial charge in [-0.3, -0.25) is 4.98 Å². The summed E-state index contributed by atoms with van der Waals surface area (Å²) in [7, 11) is 0. The second-order valence-electron chi connectivity index (χ2n) is 4.92. The van der Waals surface area contributed by atoms with Crippen molar-refractivity contribution in [3.8, 4) is 11.4 Å². The van der Waals surface area contributed by atoms with Crippen LogP contribution in [0.2, 0.25) is 0 Å². The van der Waals surface area contributed by atoms with E-state index >= 15 is 0 Å². The number of aromatic nitrogens is 5. The summed E-state index contributed by atoms with van der Waals surface area (Å²) < 4.78 is 1.85. The van der Waals surface area contributed by atoms with Crippen molar-refractivity contribution in [2.75, 3.05) is 13.1 Å². The van der Waals surface area contributed by atoms with E-state index in [1.54, 1.807) is 23.7 Å². The van der Waals surface area contributed by atoms with Crippen molar-refractivity contribution in [2.45, 2.75) is 18.8 Å². The molecule has 3 aromatic rings. The molecule has 1 aliphatic rings. The minimum absolute atomic E-state index is 0.546. The van der Waals surface area contributed by atoms with Gasteiger partial charge in [0.15, 0.2) is 5.82 Å². The molecule has 0 unspecified atom stereocenters. The SMILES string of the molecule is c1cncc(-c2nnc3sc(C4CCNCC4)nn23)c1. The molecule has 0 saturated carbocycles. The predicted molar refractivity (Wildman–Crippen MR) is 76.7 cm³/mol. The average molecular weight is 286 g/mol. The molecule has 0 spiro atoms. The molecule has 0 bridgehead atoms. The number of hydrogen-bond acceptors (Lipinski definition) is 6. The number of pyridine rings is 1. The van der Waals surface area contributed by atoms with E-state index in [9.17, 15) is 0 Å². The van der Waals surface area contributed by atoms with Gasteiger partial charge < -0.3 is 5.32 Å². The van der Waals surface area contributed by atoms with Gasteiger partial charge in [-0.05, 0) is 38.1 Å². The van der Waals surface area contributed by atoms with Crippen LogP contribution in [0.15, 0.2) is 24.5 Å². The highest BCUT2D eigenvalue weighted by Gasteiger charge is 2.21. The summed E-state index contributed by atoms with van der Waals surface area (Å²) in [6.45, 7) is 2.14. The predicted octanol–water partition coefficient (Wildman–Crippen LogP) is 1.71. The standard InChI is InChI=1S/C13H14N6S/c1-2-10(8-15-5-1)11-16-17-13-19(11)18-12(20-13)9-3-6-14-7-4-9/h1-2,5,8-9,14H,3-4,6-7H2. The fourth-order valence-corrected chi connectivity index (χ4v) is 3.55. The Morgan fingerprint density at radius 2 is 2.15 bits per heavy atom. The fraction of sp³-hybridized carbons (Fsp3) is 0.385. The van der Waals surface area contributed by atoms with Crippen LogP contribution in [0.5, 0.6) is 0 Å². The molecule has 7 heteroatoms. The molecule has 1 aliphatic heterocycles. The van der Waals surface area contributed by atoms with E-state index in [-0.39, 0.29) is 0 Å². The van der Waals surface area contributed by atoms with Crippen LogP contribution in [0.1, 0.15) is 23.8 Å². The topological polar surface area (TPSA) is 68.0 Å². The second kappa shape index (κ2) is 4.92. The van der Waals surface area contributed by atoms with E-state index in [1.807, 2.05) is 16.6 Å². The van der Waals surface area contributed by atoms with Gasteiger partial charge in [0.2, 0.25) is 4.96 Å². The molecule has 3 aromatic heterocycles. The zero-order chi connectivity index (χ0) is 13.4. The Kier molecular flexibility index (Phi) is 2.93. The van der Waals surface area contributed by atoms with Crippen LogP contribution in [0.4, 0.5) is 0 Å². The maximum Gasteiger partial charge on any atom is 0.234 e. The summed E-state index contributed by atoms with van der Waals surface area (Å²) in [5, 5.41) is 17.7. The molecular formula is C13H14N6S. The first-order chi connectivity index (χ1) is 9.92. The van der Waals surface area contributed by atoms with E-state index in [1.165, 1.54) is 5.01 Å². The van der Waals surface area contributed by atoms with E-state index in [0.29, 0.717) is 5.92 Å². The van der Waals surface area contributed by atoms with Crippen LogP contribution in [0.25, 0.3) is 16.3 Å². The van der Waals surface area contributed by atoms with E-state index < -0.39 is 0 Å². The minimum Gasteiger partial charge on any atom is -0.317 e. The molecule has 20 heavy (non-hydrogen) atoms. The average Bonchev–Trinajstić information content (AvgIpc) is 3.09. The summed E-state index contributed by atoms with van der Waals surface area (Å²) in [6.07, 6.45) is 5.84. The van der Waals surface area contributed by atoms with Gasteiger partial charge in [-0.1, -0.05) is 11.3 Å². The van der Waals surface area contributed by atoms with Crippen LogP contribution >= 0.6 is 11.3 Å². The molecule has 1 saturated heterocycles. The zero-order valence-electron chi connectivity index (χ0n) is 10.9. The van der Waals surface area contributed by atoms with E-state index in [4.69, 9.17) is 5.10 Å². The van der Waals surface area contributed by atoms with Crippen molar-refractivity contribution < 1.29 is 0 Å². The van der Waals surface area contributed by atoms with Gasteiger partial charge in [0.25, 0.3) is 0 Å². The van der Waals surface area contributed by atoms with Gasteiger partial charge in [0.05, 0.1) is 0 Å². The summed E-state index contributed by atoms with van der Waals surface area (Å²) in [5.74, 6) is 1.31.